The molecular formula is C8H10NO4S-. The van der Waals surface area contributed by atoms with E-state index < -0.39 is 21.8 Å². The highest BCUT2D eigenvalue weighted by Crippen LogP contribution is 2.08. The first-order valence-electron chi connectivity index (χ1n) is 3.98. The zero-order valence-electron chi connectivity index (χ0n) is 7.33. The van der Waals surface area contributed by atoms with Crippen LogP contribution in [-0.2, 0) is 10.1 Å². The zero-order chi connectivity index (χ0) is 10.6. The molecule has 0 bridgehead atoms. The largest absolute Gasteiger partial charge is 0.861 e. The molecule has 0 atom stereocenters. The van der Waals surface area contributed by atoms with Crippen LogP contribution >= 0.6 is 0 Å². The van der Waals surface area contributed by atoms with E-state index >= 15 is 0 Å². The second-order valence-corrected chi connectivity index (χ2v) is 4.35. The summed E-state index contributed by atoms with van der Waals surface area (Å²) in [6, 6.07) is 0. The fraction of sp³-hybridized carbons (Fsp3) is 0.375. The van der Waals surface area contributed by atoms with Crippen molar-refractivity contribution >= 4 is 16.0 Å². The number of hydrogen-bond acceptors (Lipinski definition) is 4. The van der Waals surface area contributed by atoms with Crippen LogP contribution in [0.1, 0.15) is 0 Å². The molecule has 1 N–H and O–H groups in total. The maximum absolute atomic E-state index is 10.9. The van der Waals surface area contributed by atoms with Gasteiger partial charge in [-0.05, 0) is 5.90 Å². The van der Waals surface area contributed by atoms with Gasteiger partial charge in [-0.1, -0.05) is 24.3 Å². The monoisotopic (exact) mass is 216 g/mol. The highest BCUT2D eigenvalue weighted by molar-refractivity contribution is 7.86. The molecule has 5 nitrogen and oxygen atoms in total. The van der Waals surface area contributed by atoms with E-state index in [-0.39, 0.29) is 12.5 Å². The minimum Gasteiger partial charge on any atom is -0.861 e. The molecule has 0 saturated carbocycles. The van der Waals surface area contributed by atoms with Crippen molar-refractivity contribution in [3.05, 3.63) is 24.3 Å². The smallest absolute Gasteiger partial charge is 0.269 e. The molecule has 0 aliphatic heterocycles. The lowest BCUT2D eigenvalue weighted by atomic mass is 10.2. The lowest BCUT2D eigenvalue weighted by Gasteiger charge is -2.09. The molecule has 78 valence electrons. The molecule has 0 amide bonds. The van der Waals surface area contributed by atoms with Crippen molar-refractivity contribution in [3.8, 4) is 0 Å². The standard InChI is InChI=1S/C8H11NO4S/c10-8(6-14(11,12)13)9-5-7-3-1-2-4-7/h1-4,7H,5-6H2,(H,9,10)(H,11,12,13)/p-1. The summed E-state index contributed by atoms with van der Waals surface area (Å²) in [5, 5.41) is 10.9. The Morgan fingerprint density at radius 3 is 2.50 bits per heavy atom. The number of nitrogens with zero attached hydrogens (tertiary/aromatic N) is 1. The normalized spacial score (nSPS) is 17.9. The van der Waals surface area contributed by atoms with E-state index in [0.29, 0.717) is 0 Å². The number of aliphatic imine (C=N–C) groups is 1. The predicted molar refractivity (Wildman–Crippen MR) is 50.5 cm³/mol. The third-order valence-electron chi connectivity index (χ3n) is 1.61. The molecule has 0 aromatic carbocycles. The Kier molecular flexibility index (Phi) is 3.43. The first-order chi connectivity index (χ1) is 6.47. The van der Waals surface area contributed by atoms with Gasteiger partial charge in [-0.15, -0.1) is 0 Å². The predicted octanol–water partition coefficient (Wildman–Crippen LogP) is -0.625. The van der Waals surface area contributed by atoms with Crippen LogP contribution in [0.25, 0.3) is 0 Å². The summed E-state index contributed by atoms with van der Waals surface area (Å²) in [6.45, 7) is 0.224. The minimum atomic E-state index is -4.25. The topological polar surface area (TPSA) is 89.8 Å². The fourth-order valence-electron chi connectivity index (χ4n) is 1.01. The van der Waals surface area contributed by atoms with Crippen LogP contribution in [-0.4, -0.2) is 31.2 Å². The van der Waals surface area contributed by atoms with Crippen LogP contribution in [0, 0.1) is 5.92 Å². The summed E-state index contributed by atoms with van der Waals surface area (Å²) in [7, 11) is -4.25. The van der Waals surface area contributed by atoms with Gasteiger partial charge in [0.2, 0.25) is 0 Å². The van der Waals surface area contributed by atoms with Gasteiger partial charge in [0.15, 0.2) is 0 Å². The highest BCUT2D eigenvalue weighted by atomic mass is 32.2. The van der Waals surface area contributed by atoms with Crippen molar-refractivity contribution in [3.63, 3.8) is 0 Å². The molecule has 1 aliphatic rings. The van der Waals surface area contributed by atoms with E-state index in [1.54, 1.807) is 0 Å². The summed E-state index contributed by atoms with van der Waals surface area (Å²) in [5.74, 6) is -1.70. The molecule has 0 radical (unpaired) electrons. The fourth-order valence-corrected chi connectivity index (χ4v) is 1.41. The SMILES string of the molecule is O=S(=O)(O)CC([O-])=NCC1C=CC=C1. The van der Waals surface area contributed by atoms with Gasteiger partial charge < -0.3 is 10.1 Å². The van der Waals surface area contributed by atoms with Crippen LogP contribution in [0.5, 0.6) is 0 Å². The van der Waals surface area contributed by atoms with Crippen LogP contribution in [0.4, 0.5) is 0 Å². The lowest BCUT2D eigenvalue weighted by molar-refractivity contribution is -0.215. The quantitative estimate of drug-likeness (QED) is 0.385. The average Bonchev–Trinajstić information content (AvgIpc) is 2.49. The summed E-state index contributed by atoms with van der Waals surface area (Å²) < 4.78 is 28.9. The minimum absolute atomic E-state index is 0.0559. The van der Waals surface area contributed by atoms with Crippen molar-refractivity contribution in [2.45, 2.75) is 0 Å². The zero-order valence-corrected chi connectivity index (χ0v) is 8.14. The first-order valence-corrected chi connectivity index (χ1v) is 5.59. The van der Waals surface area contributed by atoms with Gasteiger partial charge in [0.1, 0.15) is 5.75 Å². The second-order valence-electron chi connectivity index (χ2n) is 2.89. The highest BCUT2D eigenvalue weighted by Gasteiger charge is 2.05. The maximum atomic E-state index is 10.9. The molecule has 0 heterocycles. The van der Waals surface area contributed by atoms with Gasteiger partial charge in [0.05, 0.1) is 0 Å². The summed E-state index contributed by atoms with van der Waals surface area (Å²) in [6.07, 6.45) is 7.36. The maximum Gasteiger partial charge on any atom is 0.269 e. The van der Waals surface area contributed by atoms with E-state index in [2.05, 4.69) is 4.99 Å². The molecule has 0 aromatic heterocycles. The van der Waals surface area contributed by atoms with Crippen molar-refractivity contribution in [2.24, 2.45) is 10.9 Å². The Hall–Kier alpha value is -1.14. The van der Waals surface area contributed by atoms with Crippen molar-refractivity contribution in [2.75, 3.05) is 12.3 Å². The Morgan fingerprint density at radius 2 is 2.00 bits per heavy atom. The van der Waals surface area contributed by atoms with Crippen molar-refractivity contribution in [1.29, 1.82) is 0 Å². The van der Waals surface area contributed by atoms with Gasteiger partial charge in [0.25, 0.3) is 10.1 Å². The number of hydrogen-bond donors (Lipinski definition) is 1. The van der Waals surface area contributed by atoms with Gasteiger partial charge >= 0.3 is 0 Å². The third kappa shape index (κ3) is 4.20. The van der Waals surface area contributed by atoms with Crippen LogP contribution in [0.2, 0.25) is 0 Å². The van der Waals surface area contributed by atoms with E-state index in [9.17, 15) is 13.5 Å². The Balaban J connectivity index is 2.44. The Bertz CT molecular complexity index is 368. The van der Waals surface area contributed by atoms with Crippen LogP contribution < -0.4 is 5.11 Å². The molecule has 1 aliphatic carbocycles. The van der Waals surface area contributed by atoms with Crippen molar-refractivity contribution in [1.82, 2.24) is 0 Å². The Labute approximate surface area is 82.2 Å². The molecule has 14 heavy (non-hydrogen) atoms. The third-order valence-corrected chi connectivity index (χ3v) is 2.22. The molecule has 6 heteroatoms. The van der Waals surface area contributed by atoms with Gasteiger partial charge in [-0.2, -0.15) is 8.42 Å². The first kappa shape index (κ1) is 10.9. The van der Waals surface area contributed by atoms with Crippen LogP contribution in [0.15, 0.2) is 29.3 Å². The van der Waals surface area contributed by atoms with Crippen LogP contribution in [0.3, 0.4) is 0 Å². The number of rotatable bonds is 4. The number of allylic oxidation sites excluding steroid dienone is 2. The van der Waals surface area contributed by atoms with Gasteiger partial charge in [0, 0.05) is 12.5 Å². The molecule has 0 unspecified atom stereocenters. The molecular weight excluding hydrogens is 206 g/mol. The van der Waals surface area contributed by atoms with E-state index in [1.807, 2.05) is 24.3 Å². The van der Waals surface area contributed by atoms with E-state index in [1.165, 1.54) is 0 Å². The lowest BCUT2D eigenvalue weighted by Crippen LogP contribution is -2.27. The van der Waals surface area contributed by atoms with E-state index in [0.717, 1.165) is 0 Å². The van der Waals surface area contributed by atoms with Crippen molar-refractivity contribution < 1.29 is 18.1 Å². The van der Waals surface area contributed by atoms with Gasteiger partial charge in [-0.3, -0.25) is 4.55 Å². The molecule has 0 aromatic rings. The Morgan fingerprint density at radius 1 is 1.43 bits per heavy atom. The second kappa shape index (κ2) is 4.39. The summed E-state index contributed by atoms with van der Waals surface area (Å²) in [5.41, 5.74) is 0. The molecule has 0 fully saturated rings. The molecule has 0 saturated heterocycles. The van der Waals surface area contributed by atoms with E-state index in [4.69, 9.17) is 4.55 Å². The summed E-state index contributed by atoms with van der Waals surface area (Å²) in [4.78, 5) is 3.51. The average molecular weight is 216 g/mol. The summed E-state index contributed by atoms with van der Waals surface area (Å²) >= 11 is 0. The molecule has 0 spiro atoms. The van der Waals surface area contributed by atoms with Gasteiger partial charge in [-0.25, -0.2) is 0 Å². The molecule has 1 rings (SSSR count).